The second-order valence-electron chi connectivity index (χ2n) is 12.3. The molecule has 214 valence electrons. The zero-order valence-electron chi connectivity index (χ0n) is 24.6. The summed E-state index contributed by atoms with van der Waals surface area (Å²) in [4.78, 5) is 0. The average Bonchev–Trinajstić information content (AvgIpc) is 3.74. The van der Waals surface area contributed by atoms with Crippen molar-refractivity contribution >= 4 is 31.5 Å². The molecule has 1 aliphatic heterocycles. The fourth-order valence-corrected chi connectivity index (χ4v) is 9.59. The number of benzene rings is 7. The summed E-state index contributed by atoms with van der Waals surface area (Å²) in [7, 11) is 0. The maximum absolute atomic E-state index is 6.85. The maximum atomic E-state index is 6.85. The van der Waals surface area contributed by atoms with E-state index in [1.54, 1.807) is 0 Å². The SMILES string of the molecule is c1ccc2c(c1)Oc1ccc3c(c1O2)C1(c2ccccc2-c2ccccc21)c1cc(-c2cccc4c2sc2ccccc24)ccc1-3. The van der Waals surface area contributed by atoms with Crippen molar-refractivity contribution in [3.8, 4) is 56.4 Å². The molecule has 1 spiro atoms. The Bertz CT molecular complexity index is 2560. The van der Waals surface area contributed by atoms with Gasteiger partial charge in [0, 0.05) is 25.7 Å². The lowest BCUT2D eigenvalue weighted by molar-refractivity contribution is 0.354. The molecular formula is C43H24O2S. The first kappa shape index (κ1) is 24.7. The molecule has 0 unspecified atom stereocenters. The van der Waals surface area contributed by atoms with Gasteiger partial charge in [-0.05, 0) is 80.4 Å². The van der Waals surface area contributed by atoms with Crippen molar-refractivity contribution in [2.24, 2.45) is 0 Å². The predicted octanol–water partition coefficient (Wildman–Crippen LogP) is 12.0. The van der Waals surface area contributed by atoms with Gasteiger partial charge in [0.15, 0.2) is 23.0 Å². The van der Waals surface area contributed by atoms with Crippen LogP contribution in [0.5, 0.6) is 23.0 Å². The first-order valence-corrected chi connectivity index (χ1v) is 16.5. The highest BCUT2D eigenvalue weighted by Gasteiger charge is 2.54. The lowest BCUT2D eigenvalue weighted by atomic mass is 9.70. The van der Waals surface area contributed by atoms with Crippen LogP contribution in [0.3, 0.4) is 0 Å². The van der Waals surface area contributed by atoms with Crippen molar-refractivity contribution in [1.82, 2.24) is 0 Å². The number of hydrogen-bond acceptors (Lipinski definition) is 3. The highest BCUT2D eigenvalue weighted by molar-refractivity contribution is 7.26. The lowest BCUT2D eigenvalue weighted by Crippen LogP contribution is -2.27. The molecule has 3 aliphatic rings. The summed E-state index contributed by atoms with van der Waals surface area (Å²) in [5.41, 5.74) is 11.9. The molecular weight excluding hydrogens is 581 g/mol. The summed E-state index contributed by atoms with van der Waals surface area (Å²) in [6.07, 6.45) is 0. The quantitative estimate of drug-likeness (QED) is 0.186. The molecule has 0 amide bonds. The van der Waals surface area contributed by atoms with Crippen molar-refractivity contribution < 1.29 is 9.47 Å². The normalized spacial score (nSPS) is 14.2. The van der Waals surface area contributed by atoms with Crippen LogP contribution in [0.2, 0.25) is 0 Å². The van der Waals surface area contributed by atoms with Gasteiger partial charge in [0.25, 0.3) is 0 Å². The van der Waals surface area contributed by atoms with E-state index >= 15 is 0 Å². The number of fused-ring (bicyclic) bond motifs is 16. The van der Waals surface area contributed by atoms with Gasteiger partial charge in [-0.2, -0.15) is 0 Å². The third-order valence-electron chi connectivity index (χ3n) is 10.2. The summed E-state index contributed by atoms with van der Waals surface area (Å²) >= 11 is 1.88. The van der Waals surface area contributed by atoms with Gasteiger partial charge in [-0.15, -0.1) is 11.3 Å². The van der Waals surface area contributed by atoms with E-state index in [1.165, 1.54) is 70.2 Å². The molecule has 2 heterocycles. The summed E-state index contributed by atoms with van der Waals surface area (Å²) in [6.45, 7) is 0. The van der Waals surface area contributed by atoms with E-state index in [0.29, 0.717) is 0 Å². The Morgan fingerprint density at radius 3 is 1.89 bits per heavy atom. The molecule has 0 fully saturated rings. The molecule has 0 bridgehead atoms. The first-order chi connectivity index (χ1) is 22.8. The molecule has 46 heavy (non-hydrogen) atoms. The monoisotopic (exact) mass is 604 g/mol. The van der Waals surface area contributed by atoms with Crippen LogP contribution < -0.4 is 9.47 Å². The second-order valence-corrected chi connectivity index (χ2v) is 13.4. The van der Waals surface area contributed by atoms with Crippen molar-refractivity contribution in [3.05, 3.63) is 168 Å². The van der Waals surface area contributed by atoms with Gasteiger partial charge < -0.3 is 9.47 Å². The molecule has 0 radical (unpaired) electrons. The molecule has 11 rings (SSSR count). The molecule has 8 aromatic rings. The first-order valence-electron chi connectivity index (χ1n) is 15.7. The highest BCUT2D eigenvalue weighted by atomic mass is 32.1. The van der Waals surface area contributed by atoms with Gasteiger partial charge in [0.05, 0.1) is 5.41 Å². The number of rotatable bonds is 1. The number of thiophene rings is 1. The van der Waals surface area contributed by atoms with Crippen molar-refractivity contribution in [2.45, 2.75) is 5.41 Å². The van der Waals surface area contributed by atoms with E-state index in [2.05, 4.69) is 121 Å². The topological polar surface area (TPSA) is 18.5 Å². The van der Waals surface area contributed by atoms with Crippen LogP contribution in [0.15, 0.2) is 146 Å². The minimum absolute atomic E-state index is 0.567. The van der Waals surface area contributed by atoms with Gasteiger partial charge >= 0.3 is 0 Å². The Hall–Kier alpha value is -5.64. The van der Waals surface area contributed by atoms with Crippen LogP contribution in [-0.2, 0) is 5.41 Å². The van der Waals surface area contributed by atoms with E-state index in [0.717, 1.165) is 28.6 Å². The van der Waals surface area contributed by atoms with E-state index in [4.69, 9.17) is 9.47 Å². The fourth-order valence-electron chi connectivity index (χ4n) is 8.35. The van der Waals surface area contributed by atoms with Crippen molar-refractivity contribution in [3.63, 3.8) is 0 Å². The van der Waals surface area contributed by atoms with Crippen LogP contribution in [0.25, 0.3) is 53.6 Å². The standard InChI is InChI=1S/C43H24O2S/c1-4-15-33-27(10-1)28-11-2-5-16-34(28)43(33)35-24-25(26-13-9-14-32-30-12-3-8-19-39(30)46-42(26)32)20-21-29(35)31-22-23-38-41(40(31)43)45-37-18-7-6-17-36(37)44-38/h1-24H. The minimum atomic E-state index is -0.567. The summed E-state index contributed by atoms with van der Waals surface area (Å²) < 4.78 is 16.0. The fraction of sp³-hybridized carbons (Fsp3) is 0.0233. The van der Waals surface area contributed by atoms with Crippen LogP contribution >= 0.6 is 11.3 Å². The molecule has 0 N–H and O–H groups in total. The van der Waals surface area contributed by atoms with Gasteiger partial charge in [0.2, 0.25) is 0 Å². The van der Waals surface area contributed by atoms with Gasteiger partial charge in [-0.3, -0.25) is 0 Å². The largest absolute Gasteiger partial charge is 0.450 e. The number of ether oxygens (including phenoxy) is 2. The average molecular weight is 605 g/mol. The van der Waals surface area contributed by atoms with Gasteiger partial charge in [-0.1, -0.05) is 115 Å². The molecule has 3 heteroatoms. The molecule has 1 aromatic heterocycles. The zero-order chi connectivity index (χ0) is 30.0. The van der Waals surface area contributed by atoms with E-state index in [9.17, 15) is 0 Å². The number of hydrogen-bond donors (Lipinski definition) is 0. The van der Waals surface area contributed by atoms with Crippen LogP contribution in [0.4, 0.5) is 0 Å². The van der Waals surface area contributed by atoms with Crippen molar-refractivity contribution in [2.75, 3.05) is 0 Å². The zero-order valence-corrected chi connectivity index (χ0v) is 25.4. The molecule has 0 atom stereocenters. The third kappa shape index (κ3) is 2.97. The van der Waals surface area contributed by atoms with E-state index in [1.807, 2.05) is 35.6 Å². The number of para-hydroxylation sites is 2. The Morgan fingerprint density at radius 1 is 0.435 bits per heavy atom. The highest BCUT2D eigenvalue weighted by Crippen LogP contribution is 2.67. The Balaban J connectivity index is 1.25. The van der Waals surface area contributed by atoms with Crippen LogP contribution in [0, 0.1) is 0 Å². The minimum Gasteiger partial charge on any atom is -0.450 e. The Labute approximate surface area is 269 Å². The third-order valence-corrected chi connectivity index (χ3v) is 11.4. The second kappa shape index (κ2) is 8.75. The van der Waals surface area contributed by atoms with Gasteiger partial charge in [-0.25, -0.2) is 0 Å². The molecule has 0 saturated carbocycles. The lowest BCUT2D eigenvalue weighted by Gasteiger charge is -2.33. The molecule has 2 nitrogen and oxygen atoms in total. The molecule has 7 aromatic carbocycles. The molecule has 0 saturated heterocycles. The van der Waals surface area contributed by atoms with Gasteiger partial charge in [0.1, 0.15) is 0 Å². The maximum Gasteiger partial charge on any atom is 0.175 e. The Morgan fingerprint density at radius 2 is 1.07 bits per heavy atom. The van der Waals surface area contributed by atoms with Crippen LogP contribution in [0.1, 0.15) is 22.3 Å². The predicted molar refractivity (Wildman–Crippen MR) is 188 cm³/mol. The van der Waals surface area contributed by atoms with E-state index in [-0.39, 0.29) is 0 Å². The van der Waals surface area contributed by atoms with E-state index < -0.39 is 5.41 Å². The van der Waals surface area contributed by atoms with Crippen molar-refractivity contribution in [1.29, 1.82) is 0 Å². The Kier molecular flexibility index (Phi) is 4.69. The summed E-state index contributed by atoms with van der Waals surface area (Å²) in [6, 6.07) is 52.6. The summed E-state index contributed by atoms with van der Waals surface area (Å²) in [5.74, 6) is 3.03. The molecule has 2 aliphatic carbocycles. The van der Waals surface area contributed by atoms with Crippen LogP contribution in [-0.4, -0.2) is 0 Å². The summed E-state index contributed by atoms with van der Waals surface area (Å²) in [5, 5.41) is 2.63. The smallest absolute Gasteiger partial charge is 0.175 e.